The van der Waals surface area contributed by atoms with Gasteiger partial charge in [-0.15, -0.1) is 6.58 Å². The molecule has 3 rings (SSSR count). The topological polar surface area (TPSA) is 0 Å². The summed E-state index contributed by atoms with van der Waals surface area (Å²) in [5, 5.41) is 0. The molecule has 0 aromatic heterocycles. The van der Waals surface area contributed by atoms with Gasteiger partial charge in [-0.05, 0) is 119 Å². The van der Waals surface area contributed by atoms with E-state index in [0.717, 1.165) is 35.5 Å². The van der Waals surface area contributed by atoms with Crippen LogP contribution in [0.4, 0.5) is 0 Å². The van der Waals surface area contributed by atoms with Crippen LogP contribution in [-0.4, -0.2) is 0 Å². The van der Waals surface area contributed by atoms with Crippen LogP contribution in [0.1, 0.15) is 96.8 Å². The van der Waals surface area contributed by atoms with Crippen molar-refractivity contribution in [2.45, 2.75) is 96.8 Å². The van der Waals surface area contributed by atoms with Gasteiger partial charge in [-0.25, -0.2) is 0 Å². The highest BCUT2D eigenvalue weighted by Crippen LogP contribution is 2.42. The first kappa shape index (κ1) is 20.9. The fourth-order valence-electron chi connectivity index (χ4n) is 6.14. The Morgan fingerprint density at radius 3 is 1.67 bits per heavy atom. The number of hydrogen-bond acceptors (Lipinski definition) is 0. The SMILES string of the molecule is C=CC1CCC(C=CC2CCC(C3CCC(CC/C=C/C)CC3)CC2)CC1. The molecule has 0 amide bonds. The zero-order valence-electron chi connectivity index (χ0n) is 18.0. The summed E-state index contributed by atoms with van der Waals surface area (Å²) in [4.78, 5) is 0. The molecule has 3 fully saturated rings. The summed E-state index contributed by atoms with van der Waals surface area (Å²) in [5.74, 6) is 5.67. The summed E-state index contributed by atoms with van der Waals surface area (Å²) in [6, 6.07) is 0. The van der Waals surface area contributed by atoms with Crippen LogP contribution in [0.3, 0.4) is 0 Å². The lowest BCUT2D eigenvalue weighted by Gasteiger charge is -2.37. The van der Waals surface area contributed by atoms with Crippen molar-refractivity contribution in [1.82, 2.24) is 0 Å². The van der Waals surface area contributed by atoms with Gasteiger partial charge in [0.25, 0.3) is 0 Å². The lowest BCUT2D eigenvalue weighted by Crippen LogP contribution is -2.25. The Balaban J connectivity index is 1.32. The van der Waals surface area contributed by atoms with E-state index in [0.29, 0.717) is 0 Å². The van der Waals surface area contributed by atoms with Crippen LogP contribution in [0.25, 0.3) is 0 Å². The first-order valence-corrected chi connectivity index (χ1v) is 12.2. The molecule has 0 aromatic rings. The van der Waals surface area contributed by atoms with Crippen molar-refractivity contribution in [1.29, 1.82) is 0 Å². The molecule has 0 nitrogen and oxygen atoms in total. The van der Waals surface area contributed by atoms with Crippen molar-refractivity contribution in [2.24, 2.45) is 35.5 Å². The summed E-state index contributed by atoms with van der Waals surface area (Å²) >= 11 is 0. The fourth-order valence-corrected chi connectivity index (χ4v) is 6.14. The maximum atomic E-state index is 3.97. The van der Waals surface area contributed by atoms with Gasteiger partial charge < -0.3 is 0 Å². The predicted molar refractivity (Wildman–Crippen MR) is 120 cm³/mol. The minimum absolute atomic E-state index is 0.795. The van der Waals surface area contributed by atoms with Crippen LogP contribution in [0.15, 0.2) is 37.0 Å². The molecule has 152 valence electrons. The predicted octanol–water partition coefficient (Wildman–Crippen LogP) is 8.50. The minimum atomic E-state index is 0.795. The molecular formula is C27H44. The van der Waals surface area contributed by atoms with Crippen LogP contribution in [0.2, 0.25) is 0 Å². The number of hydrogen-bond donors (Lipinski definition) is 0. The zero-order valence-corrected chi connectivity index (χ0v) is 18.0. The van der Waals surface area contributed by atoms with E-state index in [1.165, 1.54) is 89.9 Å². The van der Waals surface area contributed by atoms with Gasteiger partial charge in [0.1, 0.15) is 0 Å². The second kappa shape index (κ2) is 11.3. The van der Waals surface area contributed by atoms with Crippen molar-refractivity contribution in [3.63, 3.8) is 0 Å². The summed E-state index contributed by atoms with van der Waals surface area (Å²) < 4.78 is 0. The minimum Gasteiger partial charge on any atom is -0.103 e. The molecule has 0 atom stereocenters. The second-order valence-electron chi connectivity index (χ2n) is 9.90. The lowest BCUT2D eigenvalue weighted by molar-refractivity contribution is 0.153. The monoisotopic (exact) mass is 368 g/mol. The van der Waals surface area contributed by atoms with E-state index in [4.69, 9.17) is 0 Å². The van der Waals surface area contributed by atoms with E-state index in [2.05, 4.69) is 43.9 Å². The molecule has 0 aromatic carbocycles. The van der Waals surface area contributed by atoms with Crippen molar-refractivity contribution in [3.8, 4) is 0 Å². The van der Waals surface area contributed by atoms with Crippen LogP contribution < -0.4 is 0 Å². The van der Waals surface area contributed by atoms with E-state index in [1.807, 2.05) is 0 Å². The molecule has 3 saturated carbocycles. The van der Waals surface area contributed by atoms with Crippen LogP contribution in [0.5, 0.6) is 0 Å². The average molecular weight is 369 g/mol. The van der Waals surface area contributed by atoms with E-state index < -0.39 is 0 Å². The molecule has 27 heavy (non-hydrogen) atoms. The fraction of sp³-hybridized carbons (Fsp3) is 0.778. The molecule has 0 heterocycles. The highest BCUT2D eigenvalue weighted by molar-refractivity contribution is 4.98. The van der Waals surface area contributed by atoms with E-state index >= 15 is 0 Å². The third kappa shape index (κ3) is 6.65. The lowest BCUT2D eigenvalue weighted by atomic mass is 9.68. The normalized spacial score (nSPS) is 38.4. The molecule has 3 aliphatic carbocycles. The van der Waals surface area contributed by atoms with Crippen LogP contribution >= 0.6 is 0 Å². The Bertz CT molecular complexity index is 460. The quantitative estimate of drug-likeness (QED) is 0.395. The molecule has 0 bridgehead atoms. The van der Waals surface area contributed by atoms with Crippen molar-refractivity contribution < 1.29 is 0 Å². The molecular weight excluding hydrogens is 324 g/mol. The second-order valence-corrected chi connectivity index (χ2v) is 9.90. The van der Waals surface area contributed by atoms with Crippen molar-refractivity contribution in [2.75, 3.05) is 0 Å². The van der Waals surface area contributed by atoms with Gasteiger partial charge in [0.15, 0.2) is 0 Å². The highest BCUT2D eigenvalue weighted by atomic mass is 14.4. The Labute approximate surface area is 169 Å². The van der Waals surface area contributed by atoms with E-state index in [-0.39, 0.29) is 0 Å². The Morgan fingerprint density at radius 1 is 0.667 bits per heavy atom. The smallest absolute Gasteiger partial charge is 0.0233 e. The molecule has 0 spiro atoms. The molecule has 0 saturated heterocycles. The summed E-state index contributed by atoms with van der Waals surface area (Å²) in [6.07, 6.45) is 32.2. The Kier molecular flexibility index (Phi) is 8.75. The first-order valence-electron chi connectivity index (χ1n) is 12.2. The maximum Gasteiger partial charge on any atom is -0.0233 e. The molecule has 3 aliphatic rings. The van der Waals surface area contributed by atoms with Gasteiger partial charge in [-0.2, -0.15) is 0 Å². The Hall–Kier alpha value is -0.780. The summed E-state index contributed by atoms with van der Waals surface area (Å²) in [5.41, 5.74) is 0. The van der Waals surface area contributed by atoms with Gasteiger partial charge in [-0.3, -0.25) is 0 Å². The zero-order chi connectivity index (χ0) is 18.9. The highest BCUT2D eigenvalue weighted by Gasteiger charge is 2.30. The molecule has 0 radical (unpaired) electrons. The molecule has 0 aliphatic heterocycles. The van der Waals surface area contributed by atoms with Crippen LogP contribution in [0, 0.1) is 35.5 Å². The summed E-state index contributed by atoms with van der Waals surface area (Å²) in [7, 11) is 0. The average Bonchev–Trinajstić information content (AvgIpc) is 2.74. The van der Waals surface area contributed by atoms with Gasteiger partial charge >= 0.3 is 0 Å². The number of rotatable bonds is 7. The van der Waals surface area contributed by atoms with Gasteiger partial charge in [0, 0.05) is 0 Å². The summed E-state index contributed by atoms with van der Waals surface area (Å²) in [6.45, 7) is 6.12. The van der Waals surface area contributed by atoms with E-state index in [9.17, 15) is 0 Å². The van der Waals surface area contributed by atoms with Crippen molar-refractivity contribution in [3.05, 3.63) is 37.0 Å². The molecule has 0 N–H and O–H groups in total. The number of allylic oxidation sites excluding steroid dienone is 5. The van der Waals surface area contributed by atoms with Gasteiger partial charge in [-0.1, -0.05) is 43.2 Å². The molecule has 0 unspecified atom stereocenters. The van der Waals surface area contributed by atoms with Gasteiger partial charge in [0.05, 0.1) is 0 Å². The maximum absolute atomic E-state index is 3.97. The van der Waals surface area contributed by atoms with E-state index in [1.54, 1.807) is 0 Å². The molecule has 0 heteroatoms. The van der Waals surface area contributed by atoms with Gasteiger partial charge in [0.2, 0.25) is 0 Å². The third-order valence-corrected chi connectivity index (χ3v) is 8.16. The third-order valence-electron chi connectivity index (χ3n) is 8.16. The first-order chi connectivity index (χ1) is 13.3. The standard InChI is InChI=1S/C27H44/c1-3-5-6-7-23-14-18-26(19-15-23)27-20-16-25(17-21-27)13-12-24-10-8-22(4-2)9-11-24/h3-5,12-13,22-27H,2,6-11,14-21H2,1H3/b5-3+,13-12?. The van der Waals surface area contributed by atoms with Crippen molar-refractivity contribution >= 4 is 0 Å². The Morgan fingerprint density at radius 2 is 1.15 bits per heavy atom. The largest absolute Gasteiger partial charge is 0.103 e. The van der Waals surface area contributed by atoms with Crippen LogP contribution in [-0.2, 0) is 0 Å².